The van der Waals surface area contributed by atoms with E-state index < -0.39 is 0 Å². The molecule has 2 N–H and O–H groups in total. The van der Waals surface area contributed by atoms with Gasteiger partial charge >= 0.3 is 0 Å². The molecule has 0 spiro atoms. The molecule has 1 saturated heterocycles. The SMILES string of the molecule is CCN1CCCC(N)C1c1cccc2ccccc12. The molecule has 2 unspecified atom stereocenters. The van der Waals surface area contributed by atoms with Gasteiger partial charge in [0.2, 0.25) is 0 Å². The van der Waals surface area contributed by atoms with Crippen LogP contribution >= 0.6 is 0 Å². The van der Waals surface area contributed by atoms with Crippen LogP contribution in [-0.2, 0) is 0 Å². The first-order chi connectivity index (χ1) is 9.31. The molecule has 2 nitrogen and oxygen atoms in total. The number of hydrogen-bond donors (Lipinski definition) is 1. The van der Waals surface area contributed by atoms with E-state index in [2.05, 4.69) is 54.3 Å². The van der Waals surface area contributed by atoms with Gasteiger partial charge in [-0.15, -0.1) is 0 Å². The van der Waals surface area contributed by atoms with Crippen LogP contribution in [0.4, 0.5) is 0 Å². The third kappa shape index (κ3) is 2.26. The number of hydrogen-bond acceptors (Lipinski definition) is 2. The average Bonchev–Trinajstić information content (AvgIpc) is 2.46. The predicted molar refractivity (Wildman–Crippen MR) is 81.1 cm³/mol. The van der Waals surface area contributed by atoms with Crippen molar-refractivity contribution in [3.05, 3.63) is 48.0 Å². The second-order valence-corrected chi connectivity index (χ2v) is 5.45. The van der Waals surface area contributed by atoms with Gasteiger partial charge in [-0.05, 0) is 42.3 Å². The molecule has 0 bridgehead atoms. The number of fused-ring (bicyclic) bond motifs is 1. The van der Waals surface area contributed by atoms with Crippen LogP contribution in [0.1, 0.15) is 31.4 Å². The van der Waals surface area contributed by atoms with Crippen LogP contribution in [0.2, 0.25) is 0 Å². The smallest absolute Gasteiger partial charge is 0.0505 e. The number of nitrogens with two attached hydrogens (primary N) is 1. The molecule has 0 radical (unpaired) electrons. The number of nitrogens with zero attached hydrogens (tertiary/aromatic N) is 1. The molecule has 0 aromatic heterocycles. The summed E-state index contributed by atoms with van der Waals surface area (Å²) >= 11 is 0. The first kappa shape index (κ1) is 12.6. The van der Waals surface area contributed by atoms with Gasteiger partial charge in [0.05, 0.1) is 6.04 Å². The van der Waals surface area contributed by atoms with Crippen molar-refractivity contribution in [1.29, 1.82) is 0 Å². The first-order valence-electron chi connectivity index (χ1n) is 7.28. The van der Waals surface area contributed by atoms with E-state index in [0.717, 1.165) is 19.5 Å². The highest BCUT2D eigenvalue weighted by atomic mass is 15.2. The zero-order chi connectivity index (χ0) is 13.2. The highest BCUT2D eigenvalue weighted by molar-refractivity contribution is 5.86. The van der Waals surface area contributed by atoms with Gasteiger partial charge in [0, 0.05) is 6.04 Å². The molecule has 0 amide bonds. The molecule has 1 fully saturated rings. The van der Waals surface area contributed by atoms with Crippen LogP contribution in [-0.4, -0.2) is 24.0 Å². The molecule has 2 atom stereocenters. The van der Waals surface area contributed by atoms with Gasteiger partial charge in [-0.25, -0.2) is 0 Å². The van der Waals surface area contributed by atoms with Gasteiger partial charge in [-0.1, -0.05) is 49.4 Å². The van der Waals surface area contributed by atoms with Crippen LogP contribution in [0.25, 0.3) is 10.8 Å². The predicted octanol–water partition coefficient (Wildman–Crippen LogP) is 3.32. The quantitative estimate of drug-likeness (QED) is 0.890. The Balaban J connectivity index is 2.11. The Morgan fingerprint density at radius 2 is 1.95 bits per heavy atom. The first-order valence-corrected chi connectivity index (χ1v) is 7.28. The van der Waals surface area contributed by atoms with E-state index in [-0.39, 0.29) is 6.04 Å². The lowest BCUT2D eigenvalue weighted by atomic mass is 9.88. The summed E-state index contributed by atoms with van der Waals surface area (Å²) in [6, 6.07) is 15.8. The number of likely N-dealkylation sites (N-methyl/N-ethyl adjacent to an activating group) is 1. The molecule has 19 heavy (non-hydrogen) atoms. The molecule has 1 heterocycles. The van der Waals surface area contributed by atoms with Crippen molar-refractivity contribution in [2.75, 3.05) is 13.1 Å². The van der Waals surface area contributed by atoms with E-state index in [0.29, 0.717) is 6.04 Å². The van der Waals surface area contributed by atoms with Crippen molar-refractivity contribution in [3.63, 3.8) is 0 Å². The summed E-state index contributed by atoms with van der Waals surface area (Å²) < 4.78 is 0. The fourth-order valence-corrected chi connectivity index (χ4v) is 3.39. The van der Waals surface area contributed by atoms with E-state index in [1.165, 1.54) is 22.8 Å². The highest BCUT2D eigenvalue weighted by Gasteiger charge is 2.30. The van der Waals surface area contributed by atoms with Crippen molar-refractivity contribution < 1.29 is 0 Å². The Morgan fingerprint density at radius 3 is 2.79 bits per heavy atom. The molecular weight excluding hydrogens is 232 g/mol. The lowest BCUT2D eigenvalue weighted by molar-refractivity contribution is 0.137. The van der Waals surface area contributed by atoms with Gasteiger partial charge in [0.25, 0.3) is 0 Å². The van der Waals surface area contributed by atoms with Crippen molar-refractivity contribution in [3.8, 4) is 0 Å². The monoisotopic (exact) mass is 254 g/mol. The minimum Gasteiger partial charge on any atom is -0.326 e. The Hall–Kier alpha value is -1.38. The lowest BCUT2D eigenvalue weighted by Crippen LogP contribution is -2.45. The standard InChI is InChI=1S/C17H22N2/c1-2-19-12-6-11-16(18)17(19)15-10-5-8-13-7-3-4-9-14(13)15/h3-5,7-10,16-17H,2,6,11-12,18H2,1H3. The molecule has 2 aromatic carbocycles. The molecule has 0 aliphatic carbocycles. The van der Waals surface area contributed by atoms with Crippen LogP contribution in [0.5, 0.6) is 0 Å². The summed E-state index contributed by atoms with van der Waals surface area (Å²) in [6.07, 6.45) is 2.35. The molecule has 100 valence electrons. The normalized spacial score (nSPS) is 24.7. The second-order valence-electron chi connectivity index (χ2n) is 5.45. The Morgan fingerprint density at radius 1 is 1.16 bits per heavy atom. The third-order valence-electron chi connectivity index (χ3n) is 4.33. The zero-order valence-corrected chi connectivity index (χ0v) is 11.5. The summed E-state index contributed by atoms with van der Waals surface area (Å²) in [6.45, 7) is 4.47. The van der Waals surface area contributed by atoms with Crippen LogP contribution in [0.15, 0.2) is 42.5 Å². The largest absolute Gasteiger partial charge is 0.326 e. The van der Waals surface area contributed by atoms with Crippen LogP contribution in [0.3, 0.4) is 0 Å². The second kappa shape index (κ2) is 5.32. The Bertz CT molecular complexity index is 559. The molecule has 2 aromatic rings. The summed E-state index contributed by atoms with van der Waals surface area (Å²) in [4.78, 5) is 2.52. The summed E-state index contributed by atoms with van der Waals surface area (Å²) in [5.74, 6) is 0. The topological polar surface area (TPSA) is 29.3 Å². The van der Waals surface area contributed by atoms with Crippen molar-refractivity contribution in [1.82, 2.24) is 4.90 Å². The molecule has 2 heteroatoms. The maximum absolute atomic E-state index is 6.43. The molecule has 1 aliphatic rings. The number of rotatable bonds is 2. The number of piperidine rings is 1. The Labute approximate surface area is 115 Å². The van der Waals surface area contributed by atoms with E-state index in [4.69, 9.17) is 5.73 Å². The Kier molecular flexibility index (Phi) is 3.54. The number of likely N-dealkylation sites (tertiary alicyclic amines) is 1. The maximum atomic E-state index is 6.43. The molecule has 1 aliphatic heterocycles. The van der Waals surface area contributed by atoms with E-state index in [9.17, 15) is 0 Å². The van der Waals surface area contributed by atoms with E-state index in [1.807, 2.05) is 0 Å². The fraction of sp³-hybridized carbons (Fsp3) is 0.412. The van der Waals surface area contributed by atoms with Crippen LogP contribution < -0.4 is 5.73 Å². The molecular formula is C17H22N2. The minimum atomic E-state index is 0.250. The van der Waals surface area contributed by atoms with E-state index >= 15 is 0 Å². The summed E-state index contributed by atoms with van der Waals surface area (Å²) in [5.41, 5.74) is 7.82. The average molecular weight is 254 g/mol. The fourth-order valence-electron chi connectivity index (χ4n) is 3.39. The molecule has 3 rings (SSSR count). The summed E-state index contributed by atoms with van der Waals surface area (Å²) in [5, 5.41) is 2.67. The van der Waals surface area contributed by atoms with E-state index in [1.54, 1.807) is 0 Å². The van der Waals surface area contributed by atoms with Crippen molar-refractivity contribution in [2.24, 2.45) is 5.73 Å². The molecule has 0 saturated carbocycles. The number of benzene rings is 2. The van der Waals surface area contributed by atoms with Crippen LogP contribution in [0, 0.1) is 0 Å². The van der Waals surface area contributed by atoms with Gasteiger partial charge in [-0.2, -0.15) is 0 Å². The van der Waals surface area contributed by atoms with Gasteiger partial charge < -0.3 is 5.73 Å². The van der Waals surface area contributed by atoms with Gasteiger partial charge in [0.1, 0.15) is 0 Å². The zero-order valence-electron chi connectivity index (χ0n) is 11.5. The van der Waals surface area contributed by atoms with Crippen molar-refractivity contribution in [2.45, 2.75) is 31.8 Å². The summed E-state index contributed by atoms with van der Waals surface area (Å²) in [7, 11) is 0. The van der Waals surface area contributed by atoms with Gasteiger partial charge in [0.15, 0.2) is 0 Å². The van der Waals surface area contributed by atoms with Gasteiger partial charge in [-0.3, -0.25) is 4.90 Å². The highest BCUT2D eigenvalue weighted by Crippen LogP contribution is 2.34. The van der Waals surface area contributed by atoms with Crippen molar-refractivity contribution >= 4 is 10.8 Å². The lowest BCUT2D eigenvalue weighted by Gasteiger charge is -2.40. The minimum absolute atomic E-state index is 0.250. The third-order valence-corrected chi connectivity index (χ3v) is 4.33. The maximum Gasteiger partial charge on any atom is 0.0505 e.